The molecule has 0 amide bonds. The number of fused-ring (bicyclic) bond motifs is 3. The minimum Gasteiger partial charge on any atom is -0.310 e. The van der Waals surface area contributed by atoms with Crippen LogP contribution in [0.1, 0.15) is 29.2 Å². The van der Waals surface area contributed by atoms with Gasteiger partial charge in [-0.2, -0.15) is 0 Å². The second kappa shape index (κ2) is 6.07. The van der Waals surface area contributed by atoms with Crippen LogP contribution in [0.2, 0.25) is 0 Å². The fraction of sp³-hybridized carbons (Fsp3) is 0.444. The number of aryl methyl sites for hydroxylation is 2. The molecule has 2 aromatic rings. The molecule has 27 heavy (non-hydrogen) atoms. The van der Waals surface area contributed by atoms with Gasteiger partial charge in [0, 0.05) is 18.2 Å². The van der Waals surface area contributed by atoms with Crippen LogP contribution in [0.25, 0.3) is 0 Å². The van der Waals surface area contributed by atoms with Gasteiger partial charge in [0.2, 0.25) is 0 Å². The van der Waals surface area contributed by atoms with Gasteiger partial charge < -0.3 is 9.88 Å². The Morgan fingerprint density at radius 3 is 2.59 bits per heavy atom. The summed E-state index contributed by atoms with van der Waals surface area (Å²) in [5.74, 6) is 0.0515. The molecular weight excluding hydrogens is 368 g/mol. The number of H-pyrrole nitrogens is 2. The van der Waals surface area contributed by atoms with Gasteiger partial charge in [-0.3, -0.25) is 14.1 Å². The number of likely N-dealkylation sites (tertiary alicyclic amines) is 1. The summed E-state index contributed by atoms with van der Waals surface area (Å²) in [6.45, 7) is 4.95. The number of aromatic nitrogens is 2. The number of likely N-dealkylation sites (N-methyl/N-ethyl adjacent to an activating group) is 1. The molecule has 0 aliphatic carbocycles. The lowest BCUT2D eigenvalue weighted by atomic mass is 9.89. The number of hydrogen-bond donors (Lipinski definition) is 2. The zero-order valence-electron chi connectivity index (χ0n) is 15.4. The number of nitrogens with one attached hydrogen (secondary N) is 2. The molecule has 4 rings (SSSR count). The lowest BCUT2D eigenvalue weighted by molar-refractivity contribution is 0.237. The summed E-state index contributed by atoms with van der Waals surface area (Å²) in [4.78, 5) is 30.1. The monoisotopic (exact) mass is 390 g/mol. The van der Waals surface area contributed by atoms with Gasteiger partial charge in [-0.25, -0.2) is 13.2 Å². The molecular formula is C18H22N4O4S. The number of rotatable bonds is 2. The Hall–Kier alpha value is -2.39. The summed E-state index contributed by atoms with van der Waals surface area (Å²) in [6, 6.07) is 5.49. The highest BCUT2D eigenvalue weighted by molar-refractivity contribution is 7.93. The second-order valence-electron chi connectivity index (χ2n) is 7.45. The molecule has 2 atom stereocenters. The molecule has 2 aliphatic rings. The van der Waals surface area contributed by atoms with Crippen molar-refractivity contribution < 1.29 is 8.42 Å². The number of hydrogen-bond acceptors (Lipinski definition) is 5. The minimum atomic E-state index is -4.13. The first kappa shape index (κ1) is 18.0. The van der Waals surface area contributed by atoms with Gasteiger partial charge in [0.25, 0.3) is 15.6 Å². The second-order valence-corrected chi connectivity index (χ2v) is 9.20. The summed E-state index contributed by atoms with van der Waals surface area (Å²) in [5.41, 5.74) is 1.13. The molecule has 2 N–H and O–H groups in total. The van der Waals surface area contributed by atoms with Crippen molar-refractivity contribution in [1.29, 1.82) is 0 Å². The predicted octanol–water partition coefficient (Wildman–Crippen LogP) is 0.677. The number of anilines is 1. The molecule has 9 heteroatoms. The summed E-state index contributed by atoms with van der Waals surface area (Å²) < 4.78 is 28.5. The summed E-state index contributed by atoms with van der Waals surface area (Å²) >= 11 is 0. The molecule has 0 saturated carbocycles. The Bertz CT molecular complexity index is 1130. The third-order valence-corrected chi connectivity index (χ3v) is 7.49. The lowest BCUT2D eigenvalue weighted by Crippen LogP contribution is -2.48. The van der Waals surface area contributed by atoms with Crippen molar-refractivity contribution in [2.75, 3.05) is 24.4 Å². The third kappa shape index (κ3) is 2.72. The van der Waals surface area contributed by atoms with E-state index < -0.39 is 26.2 Å². The van der Waals surface area contributed by atoms with Gasteiger partial charge in [0.05, 0.1) is 11.7 Å². The van der Waals surface area contributed by atoms with Crippen LogP contribution < -0.4 is 15.6 Å². The van der Waals surface area contributed by atoms with Crippen molar-refractivity contribution in [3.63, 3.8) is 0 Å². The molecule has 0 unspecified atom stereocenters. The van der Waals surface area contributed by atoms with E-state index in [1.165, 1.54) is 11.2 Å². The minimum absolute atomic E-state index is 0.0498. The van der Waals surface area contributed by atoms with Gasteiger partial charge in [0.1, 0.15) is 0 Å². The van der Waals surface area contributed by atoms with Crippen molar-refractivity contribution in [2.45, 2.75) is 37.1 Å². The summed E-state index contributed by atoms with van der Waals surface area (Å²) in [7, 11) is -2.10. The highest BCUT2D eigenvalue weighted by Crippen LogP contribution is 2.47. The van der Waals surface area contributed by atoms with E-state index in [4.69, 9.17) is 0 Å². The number of aromatic amines is 2. The predicted molar refractivity (Wildman–Crippen MR) is 102 cm³/mol. The molecule has 0 spiro atoms. The lowest BCUT2D eigenvalue weighted by Gasteiger charge is -2.36. The van der Waals surface area contributed by atoms with E-state index in [2.05, 4.69) is 9.88 Å². The molecule has 1 fully saturated rings. The van der Waals surface area contributed by atoms with Crippen LogP contribution in [0.3, 0.4) is 0 Å². The normalized spacial score (nSPS) is 22.6. The maximum atomic E-state index is 13.5. The quantitative estimate of drug-likeness (QED) is 0.784. The maximum absolute atomic E-state index is 13.5. The van der Waals surface area contributed by atoms with E-state index in [1.807, 2.05) is 37.2 Å². The fourth-order valence-corrected chi connectivity index (χ4v) is 6.30. The van der Waals surface area contributed by atoms with Gasteiger partial charge >= 0.3 is 5.69 Å². The first-order chi connectivity index (χ1) is 12.7. The molecule has 144 valence electrons. The van der Waals surface area contributed by atoms with Crippen molar-refractivity contribution in [3.8, 4) is 0 Å². The fourth-order valence-electron chi connectivity index (χ4n) is 4.34. The van der Waals surface area contributed by atoms with Crippen molar-refractivity contribution in [2.24, 2.45) is 0 Å². The van der Waals surface area contributed by atoms with Gasteiger partial charge in [-0.05, 0) is 45.5 Å². The van der Waals surface area contributed by atoms with Crippen LogP contribution in [0, 0.1) is 13.8 Å². The summed E-state index contributed by atoms with van der Waals surface area (Å²) in [6.07, 6.45) is 0.675. The topological polar surface area (TPSA) is 106 Å². The molecule has 2 aliphatic heterocycles. The maximum Gasteiger partial charge on any atom is 0.325 e. The van der Waals surface area contributed by atoms with Crippen LogP contribution in [0.15, 0.2) is 32.7 Å². The summed E-state index contributed by atoms with van der Waals surface area (Å²) in [5, 5.41) is 0. The Morgan fingerprint density at radius 2 is 1.89 bits per heavy atom. The highest BCUT2D eigenvalue weighted by Gasteiger charge is 2.47. The van der Waals surface area contributed by atoms with Crippen LogP contribution in [0.4, 0.5) is 5.69 Å². The van der Waals surface area contributed by atoms with Gasteiger partial charge in [0.15, 0.2) is 4.90 Å². The van der Waals surface area contributed by atoms with E-state index in [9.17, 15) is 18.0 Å². The molecule has 0 radical (unpaired) electrons. The first-order valence-electron chi connectivity index (χ1n) is 8.87. The van der Waals surface area contributed by atoms with Gasteiger partial charge in [-0.15, -0.1) is 0 Å². The van der Waals surface area contributed by atoms with Crippen molar-refractivity contribution >= 4 is 15.7 Å². The average molecular weight is 390 g/mol. The molecule has 1 saturated heterocycles. The van der Waals surface area contributed by atoms with Crippen molar-refractivity contribution in [3.05, 3.63) is 55.9 Å². The molecule has 8 nitrogen and oxygen atoms in total. The molecule has 3 heterocycles. The number of benzene rings is 1. The molecule has 1 aromatic carbocycles. The van der Waals surface area contributed by atoms with E-state index >= 15 is 0 Å². The largest absolute Gasteiger partial charge is 0.325 e. The third-order valence-electron chi connectivity index (χ3n) is 5.49. The van der Waals surface area contributed by atoms with Gasteiger partial charge in [-0.1, -0.05) is 17.7 Å². The zero-order chi connectivity index (χ0) is 19.5. The van der Waals surface area contributed by atoms with E-state index in [0.29, 0.717) is 12.1 Å². The van der Waals surface area contributed by atoms with Crippen LogP contribution in [0.5, 0.6) is 0 Å². The Balaban J connectivity index is 1.93. The van der Waals surface area contributed by atoms with E-state index in [0.717, 1.165) is 24.2 Å². The van der Waals surface area contributed by atoms with Crippen LogP contribution in [-0.4, -0.2) is 49.5 Å². The molecule has 1 aromatic heterocycles. The number of nitrogens with zero attached hydrogens (tertiary/aromatic N) is 2. The van der Waals surface area contributed by atoms with Crippen LogP contribution in [-0.2, 0) is 10.0 Å². The Kier molecular flexibility index (Phi) is 4.04. The first-order valence-corrected chi connectivity index (χ1v) is 10.3. The highest BCUT2D eigenvalue weighted by atomic mass is 32.2. The average Bonchev–Trinajstić information content (AvgIpc) is 2.87. The SMILES string of the molecule is Cc1ccc2c(c1)[C@H]1CN(C)CC[C@H]1N2S(=O)(=O)c1c(C)[nH]c(=O)[nH]c1=O. The number of sulfonamides is 1. The molecule has 0 bridgehead atoms. The Labute approximate surface area is 156 Å². The smallest absolute Gasteiger partial charge is 0.310 e. The van der Waals surface area contributed by atoms with E-state index in [1.54, 1.807) is 0 Å². The standard InChI is InChI=1S/C18H22N4O4S/c1-10-4-5-14-12(8-10)13-9-21(3)7-6-15(13)22(14)27(25,26)16-11(2)19-18(24)20-17(16)23/h4-5,8,13,15H,6-7,9H2,1-3H3,(H2,19,20,23,24)/t13-,15-/m1/s1. The van der Waals surface area contributed by atoms with Crippen molar-refractivity contribution in [1.82, 2.24) is 14.9 Å². The Morgan fingerprint density at radius 1 is 1.15 bits per heavy atom. The van der Waals surface area contributed by atoms with Crippen LogP contribution >= 0.6 is 0 Å². The van der Waals surface area contributed by atoms with E-state index in [-0.39, 0.29) is 17.7 Å². The zero-order valence-corrected chi connectivity index (χ0v) is 16.3. The number of piperidine rings is 1.